The fourth-order valence-corrected chi connectivity index (χ4v) is 0. The number of hydrogen-bond donors (Lipinski definition) is 0. The molecule has 5 heteroatoms. The van der Waals surface area contributed by atoms with Gasteiger partial charge in [0, 0.05) is 18.9 Å². The van der Waals surface area contributed by atoms with Crippen LogP contribution in [0.1, 0.15) is 0 Å². The fraction of sp³-hybridized carbons (Fsp3) is 0. The quantitative estimate of drug-likeness (QED) is 0.264. The molecule has 0 rings (SSSR count). The Morgan fingerprint density at radius 2 is 0.600 bits per heavy atom. The van der Waals surface area contributed by atoms with Crippen molar-refractivity contribution in [2.75, 3.05) is 0 Å². The van der Waals surface area contributed by atoms with Gasteiger partial charge in [0.2, 0.25) is 0 Å². The Bertz CT molecular complexity index is 6.85. The number of nitrogens with zero attached hydrogens (tertiary/aromatic N) is 1. The van der Waals surface area contributed by atoms with E-state index in [9.17, 15) is 0 Å². The van der Waals surface area contributed by atoms with Gasteiger partial charge in [-0.3, -0.25) is 0 Å². The van der Waals surface area contributed by atoms with Crippen LogP contribution in [-0.2, 0) is 0 Å². The van der Waals surface area contributed by atoms with Crippen LogP contribution in [0.4, 0.5) is 0 Å². The molecule has 0 aliphatic rings. The maximum Gasteiger partial charge on any atom is 1.00 e. The summed E-state index contributed by atoms with van der Waals surface area (Å²) in [4.78, 5) is 0. The van der Waals surface area contributed by atoms with Crippen LogP contribution in [0.3, 0.4) is 0 Å². The van der Waals surface area contributed by atoms with E-state index >= 15 is 0 Å². The smallest absolute Gasteiger partial charge is 1.00 e. The second kappa shape index (κ2) is 25.7. The topological polar surface area (TPSA) is 30.5 Å². The Hall–Kier alpha value is 3.56. The van der Waals surface area contributed by atoms with Crippen molar-refractivity contribution in [3.63, 3.8) is 0 Å². The second-order valence-electron chi connectivity index (χ2n) is 0. The summed E-state index contributed by atoms with van der Waals surface area (Å²) in [6.45, 7) is 0. The number of rotatable bonds is 0. The van der Waals surface area contributed by atoms with Crippen LogP contribution in [0.15, 0.2) is 0 Å². The minimum Gasteiger partial charge on any atom is -3.00 e. The van der Waals surface area contributed by atoms with Gasteiger partial charge < -0.3 is 6.15 Å². The molecule has 0 N–H and O–H groups in total. The molecule has 1 radical (unpaired) electrons. The molecule has 0 spiro atoms. The Balaban J connectivity index is 0. The zero-order chi connectivity index (χ0) is 0. The Morgan fingerprint density at radius 3 is 0.600 bits per heavy atom. The van der Waals surface area contributed by atoms with Crippen molar-refractivity contribution in [3.05, 3.63) is 6.15 Å². The van der Waals surface area contributed by atoms with E-state index in [1.807, 2.05) is 0 Å². The van der Waals surface area contributed by atoms with Gasteiger partial charge in [-0.15, -0.1) is 0 Å². The molecule has 5 heavy (non-hydrogen) atoms. The maximum absolute atomic E-state index is 0. The van der Waals surface area contributed by atoms with E-state index < -0.39 is 0 Å². The van der Waals surface area contributed by atoms with Crippen molar-refractivity contribution < 1.29 is 88.7 Å². The van der Waals surface area contributed by atoms with Gasteiger partial charge in [-0.2, -0.15) is 0 Å². The van der Waals surface area contributed by atoms with Crippen LogP contribution in [0, 0.1) is 0 Å². The van der Waals surface area contributed by atoms with Crippen molar-refractivity contribution in [2.45, 2.75) is 0 Å². The van der Waals surface area contributed by atoms with Gasteiger partial charge in [-0.25, -0.2) is 0 Å². The predicted molar refractivity (Wildman–Crippen MR) is 9.11 cm³/mol. The number of hydrogen-bond acceptors (Lipinski definition) is 0. The van der Waals surface area contributed by atoms with E-state index in [0.717, 1.165) is 0 Å². The van der Waals surface area contributed by atoms with Gasteiger partial charge in [0.05, 0.1) is 0 Å². The van der Waals surface area contributed by atoms with Crippen LogP contribution in [0.5, 0.6) is 0 Å². The zero-order valence-electron chi connectivity index (χ0n) is 4.45. The monoisotopic (exact) mass is 90.0 g/mol. The normalized spacial score (nSPS) is 0. The van der Waals surface area contributed by atoms with E-state index in [1.165, 1.54) is 0 Å². The summed E-state index contributed by atoms with van der Waals surface area (Å²) in [6.07, 6.45) is 0. The third-order valence-electron chi connectivity index (χ3n) is 0. The van der Waals surface area contributed by atoms with E-state index in [2.05, 4.69) is 0 Å². The molecular formula is LiNNa3. The van der Waals surface area contributed by atoms with Crippen molar-refractivity contribution >= 4 is 18.9 Å². The maximum atomic E-state index is 0. The molecule has 0 aromatic heterocycles. The summed E-state index contributed by atoms with van der Waals surface area (Å²) in [5.41, 5.74) is 0. The predicted octanol–water partition coefficient (Wildman–Crippen LogP) is -9.08. The van der Waals surface area contributed by atoms with Gasteiger partial charge in [-0.05, 0) is 0 Å². The van der Waals surface area contributed by atoms with Crippen LogP contribution >= 0.6 is 0 Å². The summed E-state index contributed by atoms with van der Waals surface area (Å²) < 4.78 is 0. The summed E-state index contributed by atoms with van der Waals surface area (Å²) in [5.74, 6) is 0. The molecule has 0 heterocycles. The molecule has 0 unspecified atom stereocenters. The third kappa shape index (κ3) is 18.4. The average molecular weight is 89.9 g/mol. The molecular weight excluding hydrogens is 89.9 g/mol. The third-order valence-corrected chi connectivity index (χ3v) is 0. The molecule has 9 valence electrons. The molecule has 0 atom stereocenters. The second-order valence-corrected chi connectivity index (χ2v) is 0. The fourth-order valence-electron chi connectivity index (χ4n) is 0. The SMILES string of the molecule is [Li].[N-3].[Na+].[Na+].[Na+]. The molecule has 0 aromatic carbocycles. The van der Waals surface area contributed by atoms with Gasteiger partial charge in [0.15, 0.2) is 0 Å². The Morgan fingerprint density at radius 1 is 0.600 bits per heavy atom. The van der Waals surface area contributed by atoms with Gasteiger partial charge in [0.1, 0.15) is 0 Å². The van der Waals surface area contributed by atoms with E-state index in [4.69, 9.17) is 0 Å². The van der Waals surface area contributed by atoms with Crippen molar-refractivity contribution in [1.29, 1.82) is 0 Å². The molecule has 0 aromatic rings. The molecule has 0 saturated carbocycles. The zero-order valence-corrected chi connectivity index (χ0v) is 10.4. The van der Waals surface area contributed by atoms with Gasteiger partial charge in [0.25, 0.3) is 0 Å². The summed E-state index contributed by atoms with van der Waals surface area (Å²) in [5, 5.41) is 0. The van der Waals surface area contributed by atoms with Crippen LogP contribution in [0.25, 0.3) is 6.15 Å². The first-order valence-corrected chi connectivity index (χ1v) is 0. The minimum absolute atomic E-state index is 0. The first-order chi connectivity index (χ1) is 0. The van der Waals surface area contributed by atoms with E-state index in [1.54, 1.807) is 0 Å². The van der Waals surface area contributed by atoms with Crippen LogP contribution in [0.2, 0.25) is 0 Å². The summed E-state index contributed by atoms with van der Waals surface area (Å²) in [6, 6.07) is 0. The van der Waals surface area contributed by atoms with Crippen molar-refractivity contribution in [3.8, 4) is 0 Å². The molecule has 0 fully saturated rings. The minimum atomic E-state index is 0. The van der Waals surface area contributed by atoms with E-state index in [0.29, 0.717) is 0 Å². The average Bonchev–Trinajstić information content (AvgIpc) is 0. The standard InChI is InChI=1S/Li.N.3Na/q;-3;3*+1. The Labute approximate surface area is 111 Å². The Kier molecular flexibility index (Phi) is 198. The van der Waals surface area contributed by atoms with Gasteiger partial charge in [-0.1, -0.05) is 0 Å². The molecule has 0 bridgehead atoms. The largest absolute Gasteiger partial charge is 3.00 e. The molecule has 1 nitrogen and oxygen atoms in total. The van der Waals surface area contributed by atoms with E-state index in [-0.39, 0.29) is 114 Å². The van der Waals surface area contributed by atoms with Crippen molar-refractivity contribution in [2.24, 2.45) is 0 Å². The first-order valence-electron chi connectivity index (χ1n) is 0. The van der Waals surface area contributed by atoms with Crippen molar-refractivity contribution in [1.82, 2.24) is 0 Å². The molecule has 0 aliphatic carbocycles. The first kappa shape index (κ1) is 38.6. The van der Waals surface area contributed by atoms with Gasteiger partial charge >= 0.3 is 88.7 Å². The van der Waals surface area contributed by atoms with Crippen LogP contribution in [-0.4, -0.2) is 18.9 Å². The summed E-state index contributed by atoms with van der Waals surface area (Å²) >= 11 is 0. The van der Waals surface area contributed by atoms with Crippen LogP contribution < -0.4 is 88.7 Å². The molecule has 0 amide bonds. The molecule has 0 aliphatic heterocycles. The molecule has 0 saturated heterocycles. The summed E-state index contributed by atoms with van der Waals surface area (Å²) in [7, 11) is 0.